The van der Waals surface area contributed by atoms with Gasteiger partial charge >= 0.3 is 0 Å². The summed E-state index contributed by atoms with van der Waals surface area (Å²) in [6, 6.07) is 12.3. The van der Waals surface area contributed by atoms with Crippen molar-refractivity contribution in [3.8, 4) is 11.8 Å². The first-order chi connectivity index (χ1) is 12.5. The van der Waals surface area contributed by atoms with Crippen molar-refractivity contribution < 1.29 is 9.18 Å². The van der Waals surface area contributed by atoms with Gasteiger partial charge in [0.25, 0.3) is 0 Å². The molecule has 0 unspecified atom stereocenters. The van der Waals surface area contributed by atoms with Gasteiger partial charge in [-0.25, -0.2) is 4.39 Å². The lowest BCUT2D eigenvalue weighted by molar-refractivity contribution is -0.117. The van der Waals surface area contributed by atoms with Gasteiger partial charge in [0.05, 0.1) is 12.6 Å². The first-order valence-electron chi connectivity index (χ1n) is 8.64. The Bertz CT molecular complexity index is 867. The average molecular weight is 351 g/mol. The number of nitrogens with zero attached hydrogens (tertiary/aromatic N) is 1. The first-order valence-corrected chi connectivity index (χ1v) is 8.64. The highest BCUT2D eigenvalue weighted by molar-refractivity contribution is 5.93. The molecule has 0 aliphatic carbocycles. The van der Waals surface area contributed by atoms with Crippen molar-refractivity contribution >= 4 is 17.3 Å². The van der Waals surface area contributed by atoms with Crippen molar-refractivity contribution in [3.05, 3.63) is 59.4 Å². The molecular weight excluding hydrogens is 329 g/mol. The number of hydrogen-bond donors (Lipinski definition) is 2. The van der Waals surface area contributed by atoms with Crippen LogP contribution in [0.15, 0.2) is 42.5 Å². The maximum absolute atomic E-state index is 13.8. The normalized spacial score (nSPS) is 18.5. The maximum atomic E-state index is 13.8. The van der Waals surface area contributed by atoms with Gasteiger partial charge in [-0.15, -0.1) is 0 Å². The van der Waals surface area contributed by atoms with E-state index in [-0.39, 0.29) is 23.8 Å². The summed E-state index contributed by atoms with van der Waals surface area (Å²) in [6.07, 6.45) is 0.699. The van der Waals surface area contributed by atoms with Crippen LogP contribution in [-0.4, -0.2) is 18.5 Å². The van der Waals surface area contributed by atoms with Gasteiger partial charge in [-0.1, -0.05) is 11.8 Å². The molecule has 1 aliphatic heterocycles. The van der Waals surface area contributed by atoms with Crippen LogP contribution in [0, 0.1) is 17.7 Å². The predicted octanol–water partition coefficient (Wildman–Crippen LogP) is 3.43. The molecule has 1 amide bonds. The van der Waals surface area contributed by atoms with Gasteiger partial charge in [-0.2, -0.15) is 0 Å². The molecule has 4 nitrogen and oxygen atoms in total. The number of hydrogen-bond acceptors (Lipinski definition) is 3. The monoisotopic (exact) mass is 351 g/mol. The van der Waals surface area contributed by atoms with E-state index in [2.05, 4.69) is 17.2 Å². The average Bonchev–Trinajstić information content (AvgIpc) is 2.61. The van der Waals surface area contributed by atoms with E-state index in [9.17, 15) is 9.18 Å². The molecule has 2 aromatic carbocycles. The number of carbonyl (C=O) groups is 1. The quantitative estimate of drug-likeness (QED) is 0.815. The first kappa shape index (κ1) is 18.0. The highest BCUT2D eigenvalue weighted by Gasteiger charge is 2.32. The third-order valence-electron chi connectivity index (χ3n) is 4.54. The molecule has 1 heterocycles. The van der Waals surface area contributed by atoms with Crippen LogP contribution < -0.4 is 16.0 Å². The molecule has 0 radical (unpaired) electrons. The molecule has 5 heteroatoms. The highest BCUT2D eigenvalue weighted by Crippen LogP contribution is 2.39. The van der Waals surface area contributed by atoms with E-state index in [0.717, 1.165) is 22.5 Å². The summed E-state index contributed by atoms with van der Waals surface area (Å²) in [5, 5.41) is 3.46. The summed E-state index contributed by atoms with van der Waals surface area (Å²) in [6.45, 7) is 3.88. The second kappa shape index (κ2) is 7.59. The fraction of sp³-hybridized carbons (Fsp3) is 0.286. The van der Waals surface area contributed by atoms with Gasteiger partial charge in [0.1, 0.15) is 5.82 Å². The van der Waals surface area contributed by atoms with Gasteiger partial charge < -0.3 is 16.0 Å². The number of benzene rings is 2. The van der Waals surface area contributed by atoms with E-state index >= 15 is 0 Å². The van der Waals surface area contributed by atoms with E-state index in [4.69, 9.17) is 5.73 Å². The summed E-state index contributed by atoms with van der Waals surface area (Å²) < 4.78 is 13.8. The van der Waals surface area contributed by atoms with E-state index < -0.39 is 0 Å². The second-order valence-corrected chi connectivity index (χ2v) is 6.46. The summed E-state index contributed by atoms with van der Waals surface area (Å²) in [5.41, 5.74) is 8.77. The Labute approximate surface area is 153 Å². The Hall–Kier alpha value is -2.84. The van der Waals surface area contributed by atoms with Gasteiger partial charge in [-0.05, 0) is 55.8 Å². The van der Waals surface area contributed by atoms with Crippen molar-refractivity contribution in [2.45, 2.75) is 32.4 Å². The summed E-state index contributed by atoms with van der Waals surface area (Å²) in [4.78, 5) is 13.8. The number of carbonyl (C=O) groups excluding carboxylic acids is 1. The third kappa shape index (κ3) is 3.71. The van der Waals surface area contributed by atoms with Gasteiger partial charge in [0, 0.05) is 35.5 Å². The van der Waals surface area contributed by atoms with Crippen LogP contribution in [-0.2, 0) is 4.79 Å². The molecule has 26 heavy (non-hydrogen) atoms. The molecule has 2 atom stereocenters. The number of nitrogens with two attached hydrogens (primary N) is 1. The van der Waals surface area contributed by atoms with Crippen LogP contribution in [0.4, 0.5) is 15.8 Å². The molecule has 0 saturated carbocycles. The molecule has 0 aromatic heterocycles. The van der Waals surface area contributed by atoms with Gasteiger partial charge in [0.15, 0.2) is 0 Å². The van der Waals surface area contributed by atoms with Crippen molar-refractivity contribution in [3.63, 3.8) is 0 Å². The Morgan fingerprint density at radius 3 is 2.69 bits per heavy atom. The fourth-order valence-electron chi connectivity index (χ4n) is 3.46. The van der Waals surface area contributed by atoms with Crippen molar-refractivity contribution in [1.82, 2.24) is 0 Å². The van der Waals surface area contributed by atoms with Crippen LogP contribution in [0.5, 0.6) is 0 Å². The van der Waals surface area contributed by atoms with Crippen molar-refractivity contribution in [1.29, 1.82) is 0 Å². The Kier molecular flexibility index (Phi) is 5.24. The second-order valence-electron chi connectivity index (χ2n) is 6.46. The van der Waals surface area contributed by atoms with Crippen LogP contribution in [0.1, 0.15) is 37.4 Å². The zero-order chi connectivity index (χ0) is 18.7. The lowest BCUT2D eigenvalue weighted by Gasteiger charge is -2.39. The zero-order valence-corrected chi connectivity index (χ0v) is 14.9. The van der Waals surface area contributed by atoms with Gasteiger partial charge in [0.2, 0.25) is 5.91 Å². The number of nitrogens with one attached hydrogen (secondary N) is 1. The number of amides is 1. The number of rotatable bonds is 2. The molecule has 0 bridgehead atoms. The van der Waals surface area contributed by atoms with Crippen molar-refractivity contribution in [2.24, 2.45) is 5.73 Å². The molecule has 0 spiro atoms. The molecule has 1 aliphatic rings. The smallest absolute Gasteiger partial charge is 0.224 e. The molecule has 134 valence electrons. The molecule has 3 N–H and O–H groups in total. The highest BCUT2D eigenvalue weighted by atomic mass is 19.1. The standard InChI is InChI=1S/C21H22FN3O/c1-14-12-20(24-18-8-5-16(6-9-18)4-3-11-23)19-13-17(22)7-10-21(19)25(14)15(2)26/h5-10,13-14,20,24H,11-12,23H2,1-2H3/t14-,20+/m0/s1. The van der Waals surface area contributed by atoms with Gasteiger partial charge in [-0.3, -0.25) is 4.79 Å². The third-order valence-corrected chi connectivity index (χ3v) is 4.54. The predicted molar refractivity (Wildman–Crippen MR) is 102 cm³/mol. The Balaban J connectivity index is 1.89. The van der Waals surface area contributed by atoms with E-state index in [1.807, 2.05) is 31.2 Å². The Morgan fingerprint density at radius 1 is 1.31 bits per heavy atom. The van der Waals surface area contributed by atoms with Crippen LogP contribution >= 0.6 is 0 Å². The summed E-state index contributed by atoms with van der Waals surface area (Å²) >= 11 is 0. The SMILES string of the molecule is CC(=O)N1c2ccc(F)cc2[C@H](Nc2ccc(C#CCN)cc2)C[C@@H]1C. The summed E-state index contributed by atoms with van der Waals surface area (Å²) in [5.74, 6) is 5.47. The van der Waals surface area contributed by atoms with Crippen LogP contribution in [0.25, 0.3) is 0 Å². The molecule has 2 aromatic rings. The lowest BCUT2D eigenvalue weighted by atomic mass is 9.91. The maximum Gasteiger partial charge on any atom is 0.224 e. The fourth-order valence-corrected chi connectivity index (χ4v) is 3.46. The minimum Gasteiger partial charge on any atom is -0.378 e. The van der Waals surface area contributed by atoms with Crippen LogP contribution in [0.3, 0.4) is 0 Å². The Morgan fingerprint density at radius 2 is 2.04 bits per heavy atom. The molecule has 0 fully saturated rings. The van der Waals surface area contributed by atoms with Crippen LogP contribution in [0.2, 0.25) is 0 Å². The van der Waals surface area contributed by atoms with Crippen molar-refractivity contribution in [2.75, 3.05) is 16.8 Å². The number of fused-ring (bicyclic) bond motifs is 1. The number of halogens is 1. The number of anilines is 2. The largest absolute Gasteiger partial charge is 0.378 e. The molecule has 3 rings (SSSR count). The molecular formula is C21H22FN3O. The van der Waals surface area contributed by atoms with E-state index in [1.54, 1.807) is 17.9 Å². The summed E-state index contributed by atoms with van der Waals surface area (Å²) in [7, 11) is 0. The topological polar surface area (TPSA) is 58.4 Å². The van der Waals surface area contributed by atoms with E-state index in [0.29, 0.717) is 13.0 Å². The zero-order valence-electron chi connectivity index (χ0n) is 14.9. The lowest BCUT2D eigenvalue weighted by Crippen LogP contribution is -2.43. The van der Waals surface area contributed by atoms with E-state index in [1.165, 1.54) is 12.1 Å². The minimum absolute atomic E-state index is 0.0256. The molecule has 0 saturated heterocycles. The minimum atomic E-state index is -0.305.